The Balaban J connectivity index is 0.000000640. The van der Waals surface area contributed by atoms with Gasteiger partial charge in [-0.2, -0.15) is 0 Å². The molecule has 0 aliphatic carbocycles. The van der Waals surface area contributed by atoms with Crippen molar-refractivity contribution in [2.24, 2.45) is 7.05 Å². The van der Waals surface area contributed by atoms with Crippen LogP contribution in [0.15, 0.2) is 6.07 Å². The smallest absolute Gasteiger partial charge is 0 e. The molecule has 0 unspecified atom stereocenters. The molecule has 0 amide bonds. The van der Waals surface area contributed by atoms with E-state index in [4.69, 9.17) is 0 Å². The molecule has 0 bridgehead atoms. The normalized spacial score (nSPS) is 8.78. The average Bonchev–Trinajstić information content (AvgIpc) is 1.98. The van der Waals surface area contributed by atoms with E-state index in [1.807, 2.05) is 20.0 Å². The van der Waals surface area contributed by atoms with Crippen molar-refractivity contribution in [3.63, 3.8) is 0 Å². The molecule has 1 aromatic rings. The maximum Gasteiger partial charge on any atom is 0 e. The third-order valence-corrected chi connectivity index (χ3v) is 1.52. The molecule has 0 fully saturated rings. The van der Waals surface area contributed by atoms with Crippen molar-refractivity contribution in [1.29, 1.82) is 0 Å². The maximum atomic E-state index is 3.10. The SMILES string of the molecule is Cc1[c-]cc(C)n1C.[Y]. The van der Waals surface area contributed by atoms with Crippen molar-refractivity contribution < 1.29 is 32.7 Å². The van der Waals surface area contributed by atoms with Crippen molar-refractivity contribution in [1.82, 2.24) is 4.57 Å². The maximum absolute atomic E-state index is 3.10. The first-order valence-electron chi connectivity index (χ1n) is 2.72. The van der Waals surface area contributed by atoms with Crippen molar-refractivity contribution in [3.05, 3.63) is 23.5 Å². The van der Waals surface area contributed by atoms with E-state index in [9.17, 15) is 0 Å². The van der Waals surface area contributed by atoms with Crippen LogP contribution >= 0.6 is 0 Å². The number of aromatic nitrogens is 1. The van der Waals surface area contributed by atoms with Gasteiger partial charge in [0.05, 0.1) is 0 Å². The van der Waals surface area contributed by atoms with Gasteiger partial charge in [-0.3, -0.25) is 0 Å². The summed E-state index contributed by atoms with van der Waals surface area (Å²) in [4.78, 5) is 0. The van der Waals surface area contributed by atoms with Gasteiger partial charge < -0.3 is 4.57 Å². The van der Waals surface area contributed by atoms with Gasteiger partial charge in [-0.15, -0.1) is 5.69 Å². The van der Waals surface area contributed by atoms with Crippen molar-refractivity contribution in [2.75, 3.05) is 0 Å². The van der Waals surface area contributed by atoms with E-state index >= 15 is 0 Å². The Bertz CT molecular complexity index is 171. The number of rotatable bonds is 0. The fourth-order valence-electron chi connectivity index (χ4n) is 0.667. The minimum Gasteiger partial charge on any atom is -0.446 e. The number of hydrogen-bond acceptors (Lipinski definition) is 0. The number of hydrogen-bond donors (Lipinski definition) is 0. The Labute approximate surface area is 81.3 Å². The van der Waals surface area contributed by atoms with Crippen LogP contribution in [0.1, 0.15) is 11.4 Å². The molecule has 0 saturated heterocycles. The van der Waals surface area contributed by atoms with Crippen molar-refractivity contribution in [2.45, 2.75) is 13.8 Å². The summed E-state index contributed by atoms with van der Waals surface area (Å²) >= 11 is 0. The molecule has 0 aromatic carbocycles. The van der Waals surface area contributed by atoms with Gasteiger partial charge in [0.15, 0.2) is 0 Å². The summed E-state index contributed by atoms with van der Waals surface area (Å²) in [5.74, 6) is 0. The van der Waals surface area contributed by atoms with Crippen LogP contribution in [0.4, 0.5) is 0 Å². The third kappa shape index (κ3) is 1.91. The van der Waals surface area contributed by atoms with Gasteiger partial charge in [0.2, 0.25) is 0 Å². The second-order valence-corrected chi connectivity index (χ2v) is 2.07. The molecule has 1 rings (SSSR count). The topological polar surface area (TPSA) is 4.93 Å². The third-order valence-electron chi connectivity index (χ3n) is 1.52. The van der Waals surface area contributed by atoms with Gasteiger partial charge in [0, 0.05) is 32.7 Å². The second-order valence-electron chi connectivity index (χ2n) is 2.07. The van der Waals surface area contributed by atoms with Crippen LogP contribution in [0.25, 0.3) is 0 Å². The molecule has 1 heterocycles. The predicted octanol–water partition coefficient (Wildman–Crippen LogP) is 1.44. The Morgan fingerprint density at radius 2 is 2.00 bits per heavy atom. The van der Waals surface area contributed by atoms with E-state index in [0.29, 0.717) is 0 Å². The zero-order valence-corrected chi connectivity index (χ0v) is 8.94. The van der Waals surface area contributed by atoms with Gasteiger partial charge in [-0.25, -0.2) is 12.1 Å². The van der Waals surface area contributed by atoms with E-state index in [1.165, 1.54) is 11.4 Å². The molecule has 1 aromatic heterocycles. The van der Waals surface area contributed by atoms with E-state index in [1.54, 1.807) is 0 Å². The van der Waals surface area contributed by atoms with Gasteiger partial charge in [0.1, 0.15) is 0 Å². The fraction of sp³-hybridized carbons (Fsp3) is 0.429. The molecule has 2 heteroatoms. The molecular weight excluding hydrogens is 187 g/mol. The van der Waals surface area contributed by atoms with Gasteiger partial charge in [-0.1, -0.05) is 12.6 Å². The zero-order valence-electron chi connectivity index (χ0n) is 6.10. The Hall–Kier alpha value is 0.384. The van der Waals surface area contributed by atoms with Crippen LogP contribution in [0, 0.1) is 19.9 Å². The van der Waals surface area contributed by atoms with Gasteiger partial charge >= 0.3 is 0 Å². The first kappa shape index (κ1) is 9.38. The van der Waals surface area contributed by atoms with Crippen LogP contribution in [-0.2, 0) is 39.8 Å². The minimum atomic E-state index is 0. The Morgan fingerprint density at radius 3 is 2.11 bits per heavy atom. The monoisotopic (exact) mass is 197 g/mol. The number of nitrogens with zero attached hydrogens (tertiary/aromatic N) is 1. The van der Waals surface area contributed by atoms with Crippen LogP contribution in [-0.4, -0.2) is 4.57 Å². The van der Waals surface area contributed by atoms with E-state index in [0.717, 1.165) is 0 Å². The standard InChI is InChI=1S/C7H10N.Y/c1-6-4-5-7(2)8(6)3;/h4H,1-3H3;/q-1;. The first-order valence-corrected chi connectivity index (χ1v) is 2.72. The van der Waals surface area contributed by atoms with Gasteiger partial charge in [-0.05, 0) is 14.0 Å². The molecule has 0 saturated carbocycles. The van der Waals surface area contributed by atoms with Crippen LogP contribution in [0.5, 0.6) is 0 Å². The Morgan fingerprint density at radius 1 is 1.44 bits per heavy atom. The molecule has 0 spiro atoms. The average molecular weight is 197 g/mol. The molecule has 0 aliphatic rings. The van der Waals surface area contributed by atoms with Crippen LogP contribution in [0.3, 0.4) is 0 Å². The quantitative estimate of drug-likeness (QED) is 0.554. The van der Waals surface area contributed by atoms with Crippen molar-refractivity contribution in [3.8, 4) is 0 Å². The molecule has 0 aliphatic heterocycles. The summed E-state index contributed by atoms with van der Waals surface area (Å²) in [6, 6.07) is 5.09. The van der Waals surface area contributed by atoms with Crippen LogP contribution in [0.2, 0.25) is 0 Å². The summed E-state index contributed by atoms with van der Waals surface area (Å²) in [6.45, 7) is 4.12. The summed E-state index contributed by atoms with van der Waals surface area (Å²) in [5.41, 5.74) is 2.46. The molecule has 1 radical (unpaired) electrons. The second kappa shape index (κ2) is 3.53. The number of aryl methyl sites for hydroxylation is 2. The molecule has 0 atom stereocenters. The van der Waals surface area contributed by atoms with Crippen LogP contribution < -0.4 is 0 Å². The van der Waals surface area contributed by atoms with Gasteiger partial charge in [0.25, 0.3) is 0 Å². The minimum absolute atomic E-state index is 0. The molecular formula is C7H10NY-. The predicted molar refractivity (Wildman–Crippen MR) is 33.7 cm³/mol. The summed E-state index contributed by atoms with van der Waals surface area (Å²) in [6.07, 6.45) is 0. The Kier molecular flexibility index (Phi) is 3.68. The summed E-state index contributed by atoms with van der Waals surface area (Å²) in [5, 5.41) is 0. The first-order chi connectivity index (χ1) is 3.72. The summed E-state index contributed by atoms with van der Waals surface area (Å²) in [7, 11) is 2.04. The molecule has 0 N–H and O–H groups in total. The van der Waals surface area contributed by atoms with E-state index in [-0.39, 0.29) is 32.7 Å². The zero-order chi connectivity index (χ0) is 6.15. The van der Waals surface area contributed by atoms with E-state index < -0.39 is 0 Å². The fourth-order valence-corrected chi connectivity index (χ4v) is 0.667. The summed E-state index contributed by atoms with van der Waals surface area (Å²) < 4.78 is 2.11. The molecule has 1 nitrogen and oxygen atoms in total. The molecule has 9 heavy (non-hydrogen) atoms. The largest absolute Gasteiger partial charge is 0.446 e. The molecule has 47 valence electrons. The van der Waals surface area contributed by atoms with E-state index in [2.05, 4.69) is 17.6 Å². The van der Waals surface area contributed by atoms with Crippen molar-refractivity contribution >= 4 is 0 Å².